The first kappa shape index (κ1) is 23.4. The van der Waals surface area contributed by atoms with E-state index in [9.17, 15) is 48.3 Å². The number of rotatable bonds is 4. The van der Waals surface area contributed by atoms with E-state index in [4.69, 9.17) is 0 Å². The number of fused-ring (bicyclic) bond motifs is 1. The summed E-state index contributed by atoms with van der Waals surface area (Å²) < 4.78 is 128. The molecule has 0 aromatic carbocycles. The molecule has 170 valence electrons. The standard InChI is InChI=1S/C16H10F8N2O3S2/c1-2-31(28,29)10-3-7(15(19,20)21)5-25-12(10)26-6-9-8(13(26)27)4-11(30-9)14(17,18)16(22,23)24/h3-5H,2,6H2,1H3. The first-order chi connectivity index (χ1) is 14.0. The topological polar surface area (TPSA) is 67.3 Å². The number of aromatic nitrogens is 1. The average molecular weight is 494 g/mol. The highest BCUT2D eigenvalue weighted by Gasteiger charge is 2.60. The molecule has 3 heterocycles. The minimum atomic E-state index is -5.90. The molecule has 0 atom stereocenters. The van der Waals surface area contributed by atoms with Gasteiger partial charge in [0.25, 0.3) is 5.91 Å². The summed E-state index contributed by atoms with van der Waals surface area (Å²) in [6.45, 7) is 0.519. The number of hydrogen-bond acceptors (Lipinski definition) is 5. The minimum absolute atomic E-state index is 0.00523. The molecule has 31 heavy (non-hydrogen) atoms. The van der Waals surface area contributed by atoms with Crippen molar-refractivity contribution in [1.82, 2.24) is 4.98 Å². The molecule has 0 bridgehead atoms. The number of thiophene rings is 1. The van der Waals surface area contributed by atoms with Gasteiger partial charge >= 0.3 is 18.3 Å². The Morgan fingerprint density at radius 3 is 2.19 bits per heavy atom. The highest BCUT2D eigenvalue weighted by atomic mass is 32.2. The van der Waals surface area contributed by atoms with Gasteiger partial charge in [0.05, 0.1) is 28.3 Å². The maximum Gasteiger partial charge on any atom is 0.458 e. The number of halogens is 8. The Balaban J connectivity index is 2.07. The van der Waals surface area contributed by atoms with Gasteiger partial charge in [0.2, 0.25) is 0 Å². The van der Waals surface area contributed by atoms with Gasteiger partial charge in [-0.2, -0.15) is 35.1 Å². The van der Waals surface area contributed by atoms with Crippen molar-refractivity contribution in [2.75, 3.05) is 10.7 Å². The Hall–Kier alpha value is -2.29. The van der Waals surface area contributed by atoms with Crippen LogP contribution in [-0.4, -0.2) is 31.2 Å². The second-order valence-electron chi connectivity index (χ2n) is 6.36. The third-order valence-corrected chi connectivity index (χ3v) is 7.30. The van der Waals surface area contributed by atoms with Crippen LogP contribution in [0.5, 0.6) is 0 Å². The van der Waals surface area contributed by atoms with Crippen molar-refractivity contribution in [3.63, 3.8) is 0 Å². The number of hydrogen-bond donors (Lipinski definition) is 0. The molecular formula is C16H10F8N2O3S2. The lowest BCUT2D eigenvalue weighted by Crippen LogP contribution is -2.33. The van der Waals surface area contributed by atoms with Gasteiger partial charge in [0.15, 0.2) is 15.7 Å². The summed E-state index contributed by atoms with van der Waals surface area (Å²) in [4.78, 5) is 14.1. The van der Waals surface area contributed by atoms with Crippen LogP contribution in [-0.2, 0) is 28.5 Å². The second kappa shape index (κ2) is 7.12. The average Bonchev–Trinajstić information content (AvgIpc) is 3.19. The fourth-order valence-electron chi connectivity index (χ4n) is 2.73. The molecule has 1 aliphatic rings. The Morgan fingerprint density at radius 2 is 1.71 bits per heavy atom. The molecule has 0 aliphatic carbocycles. The first-order valence-electron chi connectivity index (χ1n) is 8.20. The molecule has 0 saturated carbocycles. The van der Waals surface area contributed by atoms with Crippen LogP contribution in [0.3, 0.4) is 0 Å². The molecule has 1 aliphatic heterocycles. The summed E-state index contributed by atoms with van der Waals surface area (Å²) >= 11 is -0.00523. The first-order valence-corrected chi connectivity index (χ1v) is 10.7. The Labute approximate surface area is 173 Å². The Bertz CT molecular complexity index is 1150. The highest BCUT2D eigenvalue weighted by molar-refractivity contribution is 7.91. The van der Waals surface area contributed by atoms with E-state index in [0.717, 1.165) is 6.92 Å². The van der Waals surface area contributed by atoms with E-state index in [1.807, 2.05) is 0 Å². The third kappa shape index (κ3) is 3.88. The van der Waals surface area contributed by atoms with E-state index in [1.54, 1.807) is 0 Å². The van der Waals surface area contributed by atoms with E-state index < -0.39 is 73.0 Å². The lowest BCUT2D eigenvalue weighted by atomic mass is 10.2. The summed E-state index contributed by atoms with van der Waals surface area (Å²) in [6, 6.07) is 0.637. The summed E-state index contributed by atoms with van der Waals surface area (Å²) in [7, 11) is -4.32. The van der Waals surface area contributed by atoms with Crippen molar-refractivity contribution >= 4 is 32.9 Å². The second-order valence-corrected chi connectivity index (χ2v) is 9.74. The van der Waals surface area contributed by atoms with Crippen LogP contribution in [0.2, 0.25) is 0 Å². The number of alkyl halides is 8. The van der Waals surface area contributed by atoms with Crippen LogP contribution < -0.4 is 4.90 Å². The van der Waals surface area contributed by atoms with Gasteiger partial charge in [-0.25, -0.2) is 13.4 Å². The summed E-state index contributed by atoms with van der Waals surface area (Å²) in [5.74, 6) is -7.67. The lowest BCUT2D eigenvalue weighted by molar-refractivity contribution is -0.287. The van der Waals surface area contributed by atoms with Crippen molar-refractivity contribution < 1.29 is 48.3 Å². The van der Waals surface area contributed by atoms with Gasteiger partial charge < -0.3 is 0 Å². The van der Waals surface area contributed by atoms with E-state index in [2.05, 4.69) is 4.98 Å². The van der Waals surface area contributed by atoms with Crippen LogP contribution in [0.4, 0.5) is 40.9 Å². The fraction of sp³-hybridized carbons (Fsp3) is 0.375. The van der Waals surface area contributed by atoms with E-state index in [1.165, 1.54) is 0 Å². The number of anilines is 1. The molecular weight excluding hydrogens is 484 g/mol. The molecule has 0 fully saturated rings. The molecule has 3 rings (SSSR count). The van der Waals surface area contributed by atoms with Crippen molar-refractivity contribution in [3.05, 3.63) is 39.2 Å². The van der Waals surface area contributed by atoms with Gasteiger partial charge in [-0.1, -0.05) is 6.92 Å². The number of sulfone groups is 1. The predicted octanol–water partition coefficient (Wildman–Crippen LogP) is 4.77. The number of carbonyl (C=O) groups excluding carboxylic acids is 1. The minimum Gasteiger partial charge on any atom is -0.286 e. The molecule has 0 saturated heterocycles. The van der Waals surface area contributed by atoms with Crippen LogP contribution in [0.1, 0.15) is 32.6 Å². The van der Waals surface area contributed by atoms with Crippen LogP contribution >= 0.6 is 11.3 Å². The number of amides is 1. The van der Waals surface area contributed by atoms with Gasteiger partial charge in [-0.05, 0) is 12.1 Å². The predicted molar refractivity (Wildman–Crippen MR) is 91.7 cm³/mol. The third-order valence-electron chi connectivity index (χ3n) is 4.38. The van der Waals surface area contributed by atoms with Crippen molar-refractivity contribution in [3.8, 4) is 0 Å². The largest absolute Gasteiger partial charge is 0.458 e. The zero-order valence-corrected chi connectivity index (χ0v) is 16.7. The number of nitrogens with zero attached hydrogens (tertiary/aromatic N) is 2. The van der Waals surface area contributed by atoms with Gasteiger partial charge in [-0.3, -0.25) is 9.69 Å². The fourth-order valence-corrected chi connectivity index (χ4v) is 4.93. The molecule has 1 amide bonds. The SMILES string of the molecule is CCS(=O)(=O)c1cc(C(F)(F)F)cnc1N1Cc2sc(C(F)(F)C(F)(F)F)cc2C1=O. The molecule has 0 unspecified atom stereocenters. The maximum absolute atomic E-state index is 13.5. The molecule has 2 aromatic rings. The highest BCUT2D eigenvalue weighted by Crippen LogP contribution is 2.49. The van der Waals surface area contributed by atoms with Crippen molar-refractivity contribution in [1.29, 1.82) is 0 Å². The maximum atomic E-state index is 13.5. The van der Waals surface area contributed by atoms with Crippen molar-refractivity contribution in [2.45, 2.75) is 36.6 Å². The normalized spacial score (nSPS) is 15.5. The molecule has 0 spiro atoms. The van der Waals surface area contributed by atoms with E-state index in [0.29, 0.717) is 23.2 Å². The molecule has 0 radical (unpaired) electrons. The summed E-state index contributed by atoms with van der Waals surface area (Å²) in [5.41, 5.74) is -1.93. The van der Waals surface area contributed by atoms with Gasteiger partial charge in [-0.15, -0.1) is 11.3 Å². The lowest BCUT2D eigenvalue weighted by Gasteiger charge is -2.20. The van der Waals surface area contributed by atoms with E-state index >= 15 is 0 Å². The molecule has 2 aromatic heterocycles. The Morgan fingerprint density at radius 1 is 1.10 bits per heavy atom. The Kier molecular flexibility index (Phi) is 5.37. The zero-order chi connectivity index (χ0) is 23.6. The van der Waals surface area contributed by atoms with Crippen LogP contribution in [0.15, 0.2) is 23.2 Å². The summed E-state index contributed by atoms with van der Waals surface area (Å²) in [5, 5.41) is 0. The van der Waals surface area contributed by atoms with Crippen LogP contribution in [0.25, 0.3) is 0 Å². The van der Waals surface area contributed by atoms with Crippen molar-refractivity contribution in [2.24, 2.45) is 0 Å². The van der Waals surface area contributed by atoms with E-state index in [-0.39, 0.29) is 16.2 Å². The quantitative estimate of drug-likeness (QED) is 0.575. The molecule has 15 heteroatoms. The van der Waals surface area contributed by atoms with Gasteiger partial charge in [0.1, 0.15) is 4.90 Å². The number of pyridine rings is 1. The van der Waals surface area contributed by atoms with Gasteiger partial charge in [0, 0.05) is 11.1 Å². The zero-order valence-electron chi connectivity index (χ0n) is 15.1. The molecule has 0 N–H and O–H groups in total. The summed E-state index contributed by atoms with van der Waals surface area (Å²) in [6.07, 6.45) is -10.5. The number of carbonyl (C=O) groups is 1. The monoisotopic (exact) mass is 494 g/mol. The molecule has 5 nitrogen and oxygen atoms in total. The smallest absolute Gasteiger partial charge is 0.286 e. The van der Waals surface area contributed by atoms with Crippen LogP contribution in [0, 0.1) is 0 Å².